The molecule has 0 atom stereocenters. The van der Waals surface area contributed by atoms with Crippen LogP contribution in [0.25, 0.3) is 11.0 Å². The third-order valence-corrected chi connectivity index (χ3v) is 3.23. The summed E-state index contributed by atoms with van der Waals surface area (Å²) in [7, 11) is 0. The van der Waals surface area contributed by atoms with E-state index >= 15 is 0 Å². The third kappa shape index (κ3) is 1.64. The fraction of sp³-hybridized carbons (Fsp3) is 0.417. The Morgan fingerprint density at radius 3 is 2.89 bits per heavy atom. The predicted octanol–water partition coefficient (Wildman–Crippen LogP) is 1.79. The second-order valence-electron chi connectivity index (χ2n) is 4.28. The molecule has 0 N–H and O–H groups in total. The summed E-state index contributed by atoms with van der Waals surface area (Å²) < 4.78 is 20.6. The fourth-order valence-electron chi connectivity index (χ4n) is 2.30. The van der Waals surface area contributed by atoms with Crippen LogP contribution < -0.4 is 0 Å². The van der Waals surface area contributed by atoms with Crippen molar-refractivity contribution in [3.63, 3.8) is 0 Å². The van der Waals surface area contributed by atoms with Gasteiger partial charge in [0.25, 0.3) is 0 Å². The molecular weight excluding hydrogens is 235 g/mol. The van der Waals surface area contributed by atoms with E-state index in [9.17, 15) is 4.39 Å². The summed E-state index contributed by atoms with van der Waals surface area (Å²) in [5.41, 5.74) is 1.06. The molecule has 3 rings (SSSR count). The van der Waals surface area contributed by atoms with Crippen molar-refractivity contribution in [2.24, 2.45) is 0 Å². The van der Waals surface area contributed by atoms with E-state index in [1.165, 1.54) is 6.07 Å². The van der Waals surface area contributed by atoms with Crippen LogP contribution in [0.1, 0.15) is 24.4 Å². The van der Waals surface area contributed by atoms with E-state index in [-0.39, 0.29) is 11.6 Å². The Hall–Kier alpha value is -2.00. The number of nitrogens with zero attached hydrogens (tertiary/aromatic N) is 4. The highest BCUT2D eigenvalue weighted by atomic mass is 19.1. The van der Waals surface area contributed by atoms with Gasteiger partial charge < -0.3 is 4.74 Å². The highest BCUT2D eigenvalue weighted by Crippen LogP contribution is 2.27. The van der Waals surface area contributed by atoms with Gasteiger partial charge >= 0.3 is 0 Å². The Morgan fingerprint density at radius 1 is 1.39 bits per heavy atom. The molecule has 5 nitrogen and oxygen atoms in total. The number of hydrogen-bond donors (Lipinski definition) is 0. The monoisotopic (exact) mass is 246 g/mol. The van der Waals surface area contributed by atoms with Crippen molar-refractivity contribution in [1.29, 1.82) is 5.26 Å². The minimum absolute atomic E-state index is 0.0176. The van der Waals surface area contributed by atoms with Crippen molar-refractivity contribution in [2.75, 3.05) is 13.2 Å². The molecule has 1 fully saturated rings. The van der Waals surface area contributed by atoms with Gasteiger partial charge in [-0.2, -0.15) is 5.26 Å². The average molecular weight is 246 g/mol. The van der Waals surface area contributed by atoms with Gasteiger partial charge in [-0.3, -0.25) is 0 Å². The minimum Gasteiger partial charge on any atom is -0.381 e. The Morgan fingerprint density at radius 2 is 2.17 bits per heavy atom. The number of ether oxygens (including phenoxy) is 1. The van der Waals surface area contributed by atoms with Gasteiger partial charge in [0.15, 0.2) is 0 Å². The zero-order valence-electron chi connectivity index (χ0n) is 9.64. The van der Waals surface area contributed by atoms with Crippen LogP contribution >= 0.6 is 0 Å². The summed E-state index contributed by atoms with van der Waals surface area (Å²) in [4.78, 5) is 0. The molecule has 18 heavy (non-hydrogen) atoms. The van der Waals surface area contributed by atoms with E-state index in [4.69, 9.17) is 10.00 Å². The van der Waals surface area contributed by atoms with E-state index in [2.05, 4.69) is 10.3 Å². The standard InChI is InChI=1S/C12H11FN4O/c13-10-1-2-11-12(9(10)7-14)17(16-15-11)8-3-5-18-6-4-8/h1-2,8H,3-6H2. The number of rotatable bonds is 1. The van der Waals surface area contributed by atoms with Crippen molar-refractivity contribution in [3.05, 3.63) is 23.5 Å². The predicted molar refractivity (Wildman–Crippen MR) is 61.3 cm³/mol. The molecule has 0 aliphatic carbocycles. The lowest BCUT2D eigenvalue weighted by molar-refractivity contribution is 0.0669. The van der Waals surface area contributed by atoms with Crippen LogP contribution in [0.5, 0.6) is 0 Å². The van der Waals surface area contributed by atoms with Crippen molar-refractivity contribution in [2.45, 2.75) is 18.9 Å². The van der Waals surface area contributed by atoms with Gasteiger partial charge in [-0.15, -0.1) is 5.10 Å². The second-order valence-corrected chi connectivity index (χ2v) is 4.28. The molecule has 2 heterocycles. The Bertz CT molecular complexity index is 625. The fourth-order valence-corrected chi connectivity index (χ4v) is 2.30. The first kappa shape index (κ1) is 11.1. The first-order valence-electron chi connectivity index (χ1n) is 5.82. The number of nitriles is 1. The highest BCUT2D eigenvalue weighted by molar-refractivity contribution is 5.81. The average Bonchev–Trinajstić information content (AvgIpc) is 2.83. The molecule has 0 bridgehead atoms. The van der Waals surface area contributed by atoms with Crippen molar-refractivity contribution < 1.29 is 9.13 Å². The number of halogens is 1. The number of hydrogen-bond acceptors (Lipinski definition) is 4. The topological polar surface area (TPSA) is 63.7 Å². The number of benzene rings is 1. The van der Waals surface area contributed by atoms with Gasteiger partial charge in [0.1, 0.15) is 28.5 Å². The van der Waals surface area contributed by atoms with Gasteiger partial charge in [-0.05, 0) is 25.0 Å². The SMILES string of the molecule is N#Cc1c(F)ccc2nnn(C3CCOCC3)c12. The van der Waals surface area contributed by atoms with Gasteiger partial charge in [-0.1, -0.05) is 5.21 Å². The lowest BCUT2D eigenvalue weighted by Crippen LogP contribution is -2.20. The number of fused-ring (bicyclic) bond motifs is 1. The van der Waals surface area contributed by atoms with Gasteiger partial charge in [0.05, 0.1) is 6.04 Å². The molecule has 0 unspecified atom stereocenters. The molecule has 2 aromatic rings. The zero-order chi connectivity index (χ0) is 12.5. The maximum absolute atomic E-state index is 13.6. The van der Waals surface area contributed by atoms with E-state index in [1.807, 2.05) is 6.07 Å². The maximum atomic E-state index is 13.6. The first-order valence-corrected chi connectivity index (χ1v) is 5.82. The first-order chi connectivity index (χ1) is 8.81. The molecule has 92 valence electrons. The molecule has 6 heteroatoms. The second kappa shape index (κ2) is 4.35. The maximum Gasteiger partial charge on any atom is 0.143 e. The molecule has 1 aliphatic heterocycles. The van der Waals surface area contributed by atoms with Crippen molar-refractivity contribution in [3.8, 4) is 6.07 Å². The highest BCUT2D eigenvalue weighted by Gasteiger charge is 2.22. The molecule has 0 amide bonds. The molecule has 1 aliphatic rings. The van der Waals surface area contributed by atoms with Crippen LogP contribution in [0.2, 0.25) is 0 Å². The summed E-state index contributed by atoms with van der Waals surface area (Å²) in [5.74, 6) is -0.527. The van der Waals surface area contributed by atoms with E-state index in [0.717, 1.165) is 12.8 Å². The smallest absolute Gasteiger partial charge is 0.143 e. The van der Waals surface area contributed by atoms with E-state index in [1.54, 1.807) is 10.7 Å². The van der Waals surface area contributed by atoms with Gasteiger partial charge in [0.2, 0.25) is 0 Å². The molecule has 0 saturated carbocycles. The summed E-state index contributed by atoms with van der Waals surface area (Å²) in [5, 5.41) is 17.1. The summed E-state index contributed by atoms with van der Waals surface area (Å²) >= 11 is 0. The lowest BCUT2D eigenvalue weighted by atomic mass is 10.1. The minimum atomic E-state index is -0.527. The third-order valence-electron chi connectivity index (χ3n) is 3.23. The van der Waals surface area contributed by atoms with Crippen LogP contribution in [-0.2, 0) is 4.74 Å². The normalized spacial score (nSPS) is 16.9. The molecule has 0 spiro atoms. The molecular formula is C12H11FN4O. The van der Waals surface area contributed by atoms with E-state index in [0.29, 0.717) is 24.2 Å². The van der Waals surface area contributed by atoms with E-state index < -0.39 is 5.82 Å². The molecule has 1 saturated heterocycles. The van der Waals surface area contributed by atoms with Crippen molar-refractivity contribution >= 4 is 11.0 Å². The Labute approximate surface area is 103 Å². The van der Waals surface area contributed by atoms with Crippen LogP contribution in [0.15, 0.2) is 12.1 Å². The summed E-state index contributed by atoms with van der Waals surface area (Å²) in [6.45, 7) is 1.31. The lowest BCUT2D eigenvalue weighted by Gasteiger charge is -2.22. The quantitative estimate of drug-likeness (QED) is 0.769. The Balaban J connectivity index is 2.18. The van der Waals surface area contributed by atoms with Crippen LogP contribution in [0, 0.1) is 17.1 Å². The number of aromatic nitrogens is 3. The molecule has 1 aromatic carbocycles. The molecule has 0 radical (unpaired) electrons. The van der Waals surface area contributed by atoms with Crippen LogP contribution in [-0.4, -0.2) is 28.2 Å². The van der Waals surface area contributed by atoms with Gasteiger partial charge in [0, 0.05) is 13.2 Å². The summed E-state index contributed by atoms with van der Waals surface area (Å²) in [6.07, 6.45) is 1.61. The zero-order valence-corrected chi connectivity index (χ0v) is 9.64. The van der Waals surface area contributed by atoms with Crippen LogP contribution in [0.4, 0.5) is 4.39 Å². The van der Waals surface area contributed by atoms with Gasteiger partial charge in [-0.25, -0.2) is 9.07 Å². The molecule has 1 aromatic heterocycles. The summed E-state index contributed by atoms with van der Waals surface area (Å²) in [6, 6.07) is 4.82. The Kier molecular flexibility index (Phi) is 2.68. The van der Waals surface area contributed by atoms with Crippen molar-refractivity contribution in [1.82, 2.24) is 15.0 Å². The van der Waals surface area contributed by atoms with Crippen LogP contribution in [0.3, 0.4) is 0 Å². The largest absolute Gasteiger partial charge is 0.381 e.